The number of benzene rings is 1. The van der Waals surface area contributed by atoms with Crippen molar-refractivity contribution in [3.63, 3.8) is 0 Å². The molecule has 102 valence electrons. The minimum absolute atomic E-state index is 0.602. The first-order chi connectivity index (χ1) is 9.26. The summed E-state index contributed by atoms with van der Waals surface area (Å²) in [6, 6.07) is 5.58. The molecule has 0 atom stereocenters. The number of alkyl halides is 1. The van der Waals surface area contributed by atoms with E-state index in [2.05, 4.69) is 4.98 Å². The van der Waals surface area contributed by atoms with Crippen molar-refractivity contribution in [2.24, 2.45) is 0 Å². The number of rotatable bonds is 6. The number of halogens is 1. The van der Waals surface area contributed by atoms with Crippen LogP contribution in [0, 0.1) is 0 Å². The average Bonchev–Trinajstić information content (AvgIpc) is 2.93. The number of nitrogens with zero attached hydrogens (tertiary/aromatic N) is 1. The second kappa shape index (κ2) is 6.48. The highest BCUT2D eigenvalue weighted by atomic mass is 35.5. The van der Waals surface area contributed by atoms with E-state index in [1.807, 2.05) is 18.2 Å². The maximum Gasteiger partial charge on any atom is 0.194 e. The molecule has 0 bridgehead atoms. The van der Waals surface area contributed by atoms with Crippen LogP contribution in [0.15, 0.2) is 28.8 Å². The van der Waals surface area contributed by atoms with E-state index in [9.17, 15) is 0 Å². The summed E-state index contributed by atoms with van der Waals surface area (Å²) in [5.74, 6) is 3.42. The first kappa shape index (κ1) is 13.7. The molecule has 1 aromatic heterocycles. The molecular formula is C14H16ClNO3. The Hall–Kier alpha value is -1.68. The number of hydrogen-bond acceptors (Lipinski definition) is 4. The molecule has 0 aliphatic rings. The van der Waals surface area contributed by atoms with Crippen LogP contribution >= 0.6 is 11.6 Å². The van der Waals surface area contributed by atoms with Crippen molar-refractivity contribution in [1.82, 2.24) is 4.98 Å². The van der Waals surface area contributed by atoms with E-state index in [-0.39, 0.29) is 0 Å². The van der Waals surface area contributed by atoms with Crippen LogP contribution in [0.2, 0.25) is 0 Å². The number of ether oxygens (including phenoxy) is 2. The third kappa shape index (κ3) is 3.41. The molecule has 2 rings (SSSR count). The van der Waals surface area contributed by atoms with E-state index in [4.69, 9.17) is 25.5 Å². The van der Waals surface area contributed by atoms with Gasteiger partial charge in [-0.15, -0.1) is 11.6 Å². The maximum atomic E-state index is 5.69. The Balaban J connectivity index is 2.27. The molecule has 1 heterocycles. The van der Waals surface area contributed by atoms with Gasteiger partial charge >= 0.3 is 0 Å². The summed E-state index contributed by atoms with van der Waals surface area (Å²) in [7, 11) is 3.23. The van der Waals surface area contributed by atoms with Gasteiger partial charge in [-0.1, -0.05) is 0 Å². The number of aryl methyl sites for hydroxylation is 1. The molecule has 0 N–H and O–H groups in total. The van der Waals surface area contributed by atoms with Crippen molar-refractivity contribution < 1.29 is 13.9 Å². The predicted molar refractivity (Wildman–Crippen MR) is 74.1 cm³/mol. The van der Waals surface area contributed by atoms with Gasteiger partial charge in [0.05, 0.1) is 20.4 Å². The standard InChI is InChI=1S/C14H16ClNO3/c1-17-11-6-10(7-12(8-11)18-2)13-9-16-14(19-13)4-3-5-15/h6-9H,3-5H2,1-2H3. The van der Waals surface area contributed by atoms with Crippen LogP contribution in [-0.4, -0.2) is 25.1 Å². The molecule has 0 unspecified atom stereocenters. The summed E-state index contributed by atoms with van der Waals surface area (Å²) in [4.78, 5) is 4.23. The SMILES string of the molecule is COc1cc(OC)cc(-c2cnc(CCCCl)o2)c1. The molecule has 2 aromatic rings. The van der Waals surface area contributed by atoms with Crippen molar-refractivity contribution in [2.75, 3.05) is 20.1 Å². The van der Waals surface area contributed by atoms with Gasteiger partial charge in [-0.05, 0) is 18.6 Å². The number of oxazole rings is 1. The lowest BCUT2D eigenvalue weighted by Crippen LogP contribution is -1.88. The number of hydrogen-bond donors (Lipinski definition) is 0. The Morgan fingerprint density at radius 1 is 1.16 bits per heavy atom. The Labute approximate surface area is 117 Å². The number of methoxy groups -OCH3 is 2. The van der Waals surface area contributed by atoms with Gasteiger partial charge in [0.25, 0.3) is 0 Å². The van der Waals surface area contributed by atoms with Gasteiger partial charge in [-0.25, -0.2) is 4.98 Å². The molecule has 0 amide bonds. The molecule has 1 aromatic carbocycles. The Morgan fingerprint density at radius 2 is 1.84 bits per heavy atom. The first-order valence-corrected chi connectivity index (χ1v) is 6.54. The summed E-state index contributed by atoms with van der Waals surface area (Å²) < 4.78 is 16.2. The third-order valence-corrected chi connectivity index (χ3v) is 2.98. The molecular weight excluding hydrogens is 266 g/mol. The van der Waals surface area contributed by atoms with Gasteiger partial charge < -0.3 is 13.9 Å². The summed E-state index contributed by atoms with van der Waals surface area (Å²) in [6.07, 6.45) is 3.30. The van der Waals surface area contributed by atoms with Gasteiger partial charge in [0.2, 0.25) is 0 Å². The predicted octanol–water partition coefficient (Wildman–Crippen LogP) is 3.53. The largest absolute Gasteiger partial charge is 0.497 e. The third-order valence-electron chi connectivity index (χ3n) is 2.71. The van der Waals surface area contributed by atoms with E-state index in [1.165, 1.54) is 0 Å². The van der Waals surface area contributed by atoms with Gasteiger partial charge in [-0.2, -0.15) is 0 Å². The molecule has 0 aliphatic heterocycles. The lowest BCUT2D eigenvalue weighted by Gasteiger charge is -2.06. The van der Waals surface area contributed by atoms with Crippen molar-refractivity contribution >= 4 is 11.6 Å². The van der Waals surface area contributed by atoms with E-state index in [1.54, 1.807) is 20.4 Å². The van der Waals surface area contributed by atoms with Gasteiger partial charge in [0.15, 0.2) is 11.7 Å². The number of aromatic nitrogens is 1. The van der Waals surface area contributed by atoms with E-state index in [0.717, 1.165) is 18.4 Å². The highest BCUT2D eigenvalue weighted by Crippen LogP contribution is 2.30. The molecule has 19 heavy (non-hydrogen) atoms. The Morgan fingerprint density at radius 3 is 2.42 bits per heavy atom. The van der Waals surface area contributed by atoms with Crippen LogP contribution in [0.4, 0.5) is 0 Å². The van der Waals surface area contributed by atoms with E-state index < -0.39 is 0 Å². The van der Waals surface area contributed by atoms with Gasteiger partial charge in [0.1, 0.15) is 11.5 Å². The highest BCUT2D eigenvalue weighted by Gasteiger charge is 2.09. The first-order valence-electron chi connectivity index (χ1n) is 6.01. The summed E-state index contributed by atoms with van der Waals surface area (Å²) in [5, 5.41) is 0. The van der Waals surface area contributed by atoms with E-state index >= 15 is 0 Å². The maximum absolute atomic E-state index is 5.69. The summed E-state index contributed by atoms with van der Waals surface area (Å²) in [5.41, 5.74) is 0.876. The molecule has 0 saturated carbocycles. The molecule has 0 spiro atoms. The van der Waals surface area contributed by atoms with Crippen LogP contribution in [-0.2, 0) is 6.42 Å². The molecule has 0 radical (unpaired) electrons. The molecule has 0 fully saturated rings. The molecule has 4 nitrogen and oxygen atoms in total. The average molecular weight is 282 g/mol. The lowest BCUT2D eigenvalue weighted by atomic mass is 10.1. The second-order valence-corrected chi connectivity index (χ2v) is 4.39. The van der Waals surface area contributed by atoms with Crippen molar-refractivity contribution in [2.45, 2.75) is 12.8 Å². The normalized spacial score (nSPS) is 10.5. The van der Waals surface area contributed by atoms with Crippen LogP contribution < -0.4 is 9.47 Å². The highest BCUT2D eigenvalue weighted by molar-refractivity contribution is 6.17. The monoisotopic (exact) mass is 281 g/mol. The second-order valence-electron chi connectivity index (χ2n) is 4.01. The van der Waals surface area contributed by atoms with E-state index in [0.29, 0.717) is 29.0 Å². The minimum atomic E-state index is 0.602. The molecule has 5 heteroatoms. The Bertz CT molecular complexity index is 517. The quantitative estimate of drug-likeness (QED) is 0.760. The molecule has 0 saturated heterocycles. The lowest BCUT2D eigenvalue weighted by molar-refractivity contribution is 0.394. The Kier molecular flexibility index (Phi) is 4.68. The van der Waals surface area contributed by atoms with Crippen LogP contribution in [0.25, 0.3) is 11.3 Å². The fourth-order valence-corrected chi connectivity index (χ4v) is 1.86. The zero-order valence-electron chi connectivity index (χ0n) is 11.0. The van der Waals surface area contributed by atoms with Crippen molar-refractivity contribution in [3.05, 3.63) is 30.3 Å². The van der Waals surface area contributed by atoms with Crippen LogP contribution in [0.5, 0.6) is 11.5 Å². The zero-order valence-corrected chi connectivity index (χ0v) is 11.7. The van der Waals surface area contributed by atoms with Crippen molar-refractivity contribution in [3.8, 4) is 22.8 Å². The topological polar surface area (TPSA) is 44.5 Å². The smallest absolute Gasteiger partial charge is 0.194 e. The fourth-order valence-electron chi connectivity index (χ4n) is 1.73. The fraction of sp³-hybridized carbons (Fsp3) is 0.357. The minimum Gasteiger partial charge on any atom is -0.497 e. The summed E-state index contributed by atoms with van der Waals surface area (Å²) in [6.45, 7) is 0. The molecule has 0 aliphatic carbocycles. The van der Waals surface area contributed by atoms with Crippen molar-refractivity contribution in [1.29, 1.82) is 0 Å². The van der Waals surface area contributed by atoms with Crippen LogP contribution in [0.1, 0.15) is 12.3 Å². The van der Waals surface area contributed by atoms with Gasteiger partial charge in [-0.3, -0.25) is 0 Å². The van der Waals surface area contributed by atoms with Crippen LogP contribution in [0.3, 0.4) is 0 Å². The summed E-state index contributed by atoms with van der Waals surface area (Å²) >= 11 is 5.65. The zero-order chi connectivity index (χ0) is 13.7. The van der Waals surface area contributed by atoms with Gasteiger partial charge in [0, 0.05) is 23.9 Å².